The second-order valence-corrected chi connectivity index (χ2v) is 8.41. The first-order valence-corrected chi connectivity index (χ1v) is 11.0. The Morgan fingerprint density at radius 1 is 1.12 bits per heavy atom. The maximum atomic E-state index is 13.2. The van der Waals surface area contributed by atoms with Gasteiger partial charge in [-0.3, -0.25) is 9.59 Å². The zero-order valence-corrected chi connectivity index (χ0v) is 18.8. The molecule has 0 bridgehead atoms. The van der Waals surface area contributed by atoms with Crippen LogP contribution < -0.4 is 10.6 Å². The van der Waals surface area contributed by atoms with E-state index in [1.165, 1.54) is 7.11 Å². The molecule has 32 heavy (non-hydrogen) atoms. The first kappa shape index (κ1) is 21.7. The number of rotatable bonds is 7. The lowest BCUT2D eigenvalue weighted by atomic mass is 10.1. The van der Waals surface area contributed by atoms with Crippen LogP contribution >= 0.6 is 11.3 Å². The van der Waals surface area contributed by atoms with Crippen molar-refractivity contribution in [2.75, 3.05) is 24.4 Å². The second-order valence-electron chi connectivity index (χ2n) is 7.47. The minimum Gasteiger partial charge on any atom is -0.375 e. The molecule has 0 fully saturated rings. The molecule has 3 aromatic heterocycles. The number of carbonyl (C=O) groups excluding carboxylic acids is 2. The van der Waals surface area contributed by atoms with Crippen LogP contribution in [0, 0.1) is 0 Å². The van der Waals surface area contributed by atoms with Gasteiger partial charge in [-0.25, -0.2) is 9.67 Å². The van der Waals surface area contributed by atoms with E-state index in [0.29, 0.717) is 28.0 Å². The number of nitrogens with zero attached hydrogens (tertiary/aromatic N) is 3. The second kappa shape index (κ2) is 9.29. The van der Waals surface area contributed by atoms with Crippen LogP contribution in [0.3, 0.4) is 0 Å². The number of benzene rings is 1. The number of fused-ring (bicyclic) bond motifs is 1. The average molecular weight is 450 g/mol. The molecule has 0 aliphatic heterocycles. The van der Waals surface area contributed by atoms with E-state index >= 15 is 0 Å². The molecule has 0 atom stereocenters. The van der Waals surface area contributed by atoms with Crippen molar-refractivity contribution in [3.05, 3.63) is 59.6 Å². The van der Waals surface area contributed by atoms with Crippen LogP contribution in [-0.2, 0) is 9.53 Å². The molecule has 1 aromatic carbocycles. The van der Waals surface area contributed by atoms with E-state index in [1.54, 1.807) is 47.9 Å². The highest BCUT2D eigenvalue weighted by Gasteiger charge is 2.19. The maximum absolute atomic E-state index is 13.2. The standard InChI is InChI=1S/C23H23N5O3S/c1-14(2)28-22-18(12-24-28)17(11-19(27-22)20-5-4-10-32-20)23(30)26-16-8-6-15(7-9-16)25-21(29)13-31-3/h4-12,14H,13H2,1-3H3,(H,25,29)(H,26,30). The van der Waals surface area contributed by atoms with Gasteiger partial charge >= 0.3 is 0 Å². The number of amides is 2. The monoisotopic (exact) mass is 449 g/mol. The zero-order chi connectivity index (χ0) is 22.7. The van der Waals surface area contributed by atoms with E-state index in [2.05, 4.69) is 15.7 Å². The van der Waals surface area contributed by atoms with Gasteiger partial charge in [0.1, 0.15) is 6.61 Å². The molecule has 0 saturated heterocycles. The molecule has 4 aromatic rings. The maximum Gasteiger partial charge on any atom is 0.256 e. The largest absolute Gasteiger partial charge is 0.375 e. The van der Waals surface area contributed by atoms with Gasteiger partial charge in [-0.05, 0) is 55.6 Å². The van der Waals surface area contributed by atoms with Crippen LogP contribution in [-0.4, -0.2) is 40.3 Å². The lowest BCUT2D eigenvalue weighted by Gasteiger charge is -2.11. The summed E-state index contributed by atoms with van der Waals surface area (Å²) in [6, 6.07) is 12.8. The lowest BCUT2D eigenvalue weighted by molar-refractivity contribution is -0.119. The van der Waals surface area contributed by atoms with E-state index in [0.717, 1.165) is 10.6 Å². The minimum absolute atomic E-state index is 0.0207. The molecule has 0 radical (unpaired) electrons. The zero-order valence-electron chi connectivity index (χ0n) is 18.0. The van der Waals surface area contributed by atoms with Gasteiger partial charge in [0.05, 0.1) is 27.7 Å². The van der Waals surface area contributed by atoms with E-state index in [4.69, 9.17) is 9.72 Å². The van der Waals surface area contributed by atoms with Crippen LogP contribution in [0.25, 0.3) is 21.6 Å². The molecule has 8 nitrogen and oxygen atoms in total. The number of methoxy groups -OCH3 is 1. The molecule has 0 aliphatic rings. The van der Waals surface area contributed by atoms with E-state index in [9.17, 15) is 9.59 Å². The number of aromatic nitrogens is 3. The summed E-state index contributed by atoms with van der Waals surface area (Å²) >= 11 is 1.57. The van der Waals surface area contributed by atoms with Crippen LogP contribution in [0.5, 0.6) is 0 Å². The smallest absolute Gasteiger partial charge is 0.256 e. The van der Waals surface area contributed by atoms with Crippen molar-refractivity contribution in [3.63, 3.8) is 0 Å². The summed E-state index contributed by atoms with van der Waals surface area (Å²) in [4.78, 5) is 30.6. The highest BCUT2D eigenvalue weighted by atomic mass is 32.1. The fraction of sp³-hybridized carbons (Fsp3) is 0.217. The van der Waals surface area contributed by atoms with Gasteiger partial charge in [0.2, 0.25) is 5.91 Å². The summed E-state index contributed by atoms with van der Waals surface area (Å²) in [6.07, 6.45) is 1.68. The van der Waals surface area contributed by atoms with Crippen LogP contribution in [0.2, 0.25) is 0 Å². The molecule has 2 amide bonds. The number of hydrogen-bond donors (Lipinski definition) is 2. The lowest BCUT2D eigenvalue weighted by Crippen LogP contribution is -2.17. The van der Waals surface area contributed by atoms with Crippen LogP contribution in [0.1, 0.15) is 30.2 Å². The Balaban J connectivity index is 1.64. The molecule has 3 heterocycles. The third-order valence-electron chi connectivity index (χ3n) is 4.78. The molecular formula is C23H23N5O3S. The van der Waals surface area contributed by atoms with Crippen molar-refractivity contribution in [3.8, 4) is 10.6 Å². The molecule has 0 aliphatic carbocycles. The predicted octanol–water partition coefficient (Wildman–Crippen LogP) is 4.58. The van der Waals surface area contributed by atoms with E-state index < -0.39 is 0 Å². The summed E-state index contributed by atoms with van der Waals surface area (Å²) in [6.45, 7) is 4.03. The topological polar surface area (TPSA) is 98.1 Å². The summed E-state index contributed by atoms with van der Waals surface area (Å²) in [5, 5.41) is 12.8. The number of pyridine rings is 1. The number of carbonyl (C=O) groups is 2. The molecule has 0 unspecified atom stereocenters. The van der Waals surface area contributed by atoms with Gasteiger partial charge in [0, 0.05) is 24.5 Å². The van der Waals surface area contributed by atoms with Gasteiger partial charge in [-0.15, -0.1) is 11.3 Å². The van der Waals surface area contributed by atoms with E-state index in [-0.39, 0.29) is 24.5 Å². The predicted molar refractivity (Wildman–Crippen MR) is 126 cm³/mol. The highest BCUT2D eigenvalue weighted by Crippen LogP contribution is 2.29. The number of anilines is 2. The highest BCUT2D eigenvalue weighted by molar-refractivity contribution is 7.13. The van der Waals surface area contributed by atoms with Gasteiger partial charge in [0.15, 0.2) is 5.65 Å². The van der Waals surface area contributed by atoms with Crippen LogP contribution in [0.4, 0.5) is 11.4 Å². The van der Waals surface area contributed by atoms with Crippen LogP contribution in [0.15, 0.2) is 54.0 Å². The van der Waals surface area contributed by atoms with Crippen molar-refractivity contribution < 1.29 is 14.3 Å². The molecule has 0 saturated carbocycles. The third-order valence-corrected chi connectivity index (χ3v) is 5.67. The molecular weight excluding hydrogens is 426 g/mol. The van der Waals surface area contributed by atoms with Crippen molar-refractivity contribution in [1.82, 2.24) is 14.8 Å². The van der Waals surface area contributed by atoms with Gasteiger partial charge < -0.3 is 15.4 Å². The Kier molecular flexibility index (Phi) is 6.29. The summed E-state index contributed by atoms with van der Waals surface area (Å²) in [5.41, 5.74) is 3.14. The van der Waals surface area contributed by atoms with Gasteiger partial charge in [0.25, 0.3) is 5.91 Å². The Morgan fingerprint density at radius 2 is 1.84 bits per heavy atom. The molecule has 0 spiro atoms. The first-order valence-electron chi connectivity index (χ1n) is 10.1. The summed E-state index contributed by atoms with van der Waals surface area (Å²) < 4.78 is 6.63. The van der Waals surface area contributed by atoms with Gasteiger partial charge in [-0.2, -0.15) is 5.10 Å². The summed E-state index contributed by atoms with van der Waals surface area (Å²) in [5.74, 6) is -0.499. The molecule has 164 valence electrons. The van der Waals surface area contributed by atoms with Crippen molar-refractivity contribution in [2.45, 2.75) is 19.9 Å². The SMILES string of the molecule is COCC(=O)Nc1ccc(NC(=O)c2cc(-c3cccs3)nc3c2cnn3C(C)C)cc1. The van der Waals surface area contributed by atoms with Crippen molar-refractivity contribution in [1.29, 1.82) is 0 Å². The van der Waals surface area contributed by atoms with Crippen molar-refractivity contribution in [2.24, 2.45) is 0 Å². The third kappa shape index (κ3) is 4.53. The number of nitrogens with one attached hydrogen (secondary N) is 2. The summed E-state index contributed by atoms with van der Waals surface area (Å²) in [7, 11) is 1.46. The average Bonchev–Trinajstić information content (AvgIpc) is 3.44. The van der Waals surface area contributed by atoms with Gasteiger partial charge in [-0.1, -0.05) is 6.07 Å². The fourth-order valence-corrected chi connectivity index (χ4v) is 3.98. The fourth-order valence-electron chi connectivity index (χ4n) is 3.30. The van der Waals surface area contributed by atoms with Crippen molar-refractivity contribution >= 4 is 45.6 Å². The molecule has 2 N–H and O–H groups in total. The molecule has 4 rings (SSSR count). The number of thiophene rings is 1. The Hall–Kier alpha value is -3.56. The van der Waals surface area contributed by atoms with E-state index in [1.807, 2.05) is 36.0 Å². The number of ether oxygens (including phenoxy) is 1. The number of hydrogen-bond acceptors (Lipinski definition) is 6. The Morgan fingerprint density at radius 3 is 2.47 bits per heavy atom. The Bertz CT molecular complexity index is 1250. The minimum atomic E-state index is -0.255. The normalized spacial score (nSPS) is 11.1. The molecule has 9 heteroatoms. The quantitative estimate of drug-likeness (QED) is 0.430. The Labute approximate surface area is 189 Å². The first-order chi connectivity index (χ1) is 15.5.